The van der Waals surface area contributed by atoms with Gasteiger partial charge in [0.05, 0.1) is 14.2 Å². The monoisotopic (exact) mass is 434 g/mol. The Morgan fingerprint density at radius 3 is 2.41 bits per heavy atom. The molecule has 168 valence electrons. The molecule has 0 atom stereocenters. The second-order valence-corrected chi connectivity index (χ2v) is 8.54. The number of aryl methyl sites for hydroxylation is 1. The Labute approximate surface area is 188 Å². The molecule has 0 aliphatic heterocycles. The van der Waals surface area contributed by atoms with Crippen molar-refractivity contribution in [2.24, 2.45) is 0 Å². The van der Waals surface area contributed by atoms with Gasteiger partial charge < -0.3 is 19.3 Å². The van der Waals surface area contributed by atoms with Crippen LogP contribution in [0.5, 0.6) is 11.5 Å². The summed E-state index contributed by atoms with van der Waals surface area (Å²) in [5.74, 6) is 1.49. The highest BCUT2D eigenvalue weighted by Gasteiger charge is 2.34. The van der Waals surface area contributed by atoms with Crippen molar-refractivity contribution in [3.05, 3.63) is 65.4 Å². The smallest absolute Gasteiger partial charge is 0.273 e. The van der Waals surface area contributed by atoms with Crippen LogP contribution in [0.1, 0.15) is 53.7 Å². The number of ether oxygens (including phenoxy) is 2. The Kier molecular flexibility index (Phi) is 6.49. The molecule has 3 aromatic rings. The van der Waals surface area contributed by atoms with Crippen molar-refractivity contribution in [1.29, 1.82) is 0 Å². The molecule has 1 amide bonds. The number of amides is 1. The summed E-state index contributed by atoms with van der Waals surface area (Å²) in [4.78, 5) is 12.9. The van der Waals surface area contributed by atoms with Gasteiger partial charge in [-0.1, -0.05) is 54.2 Å². The van der Waals surface area contributed by atoms with Crippen LogP contribution in [-0.4, -0.2) is 31.8 Å². The van der Waals surface area contributed by atoms with Crippen LogP contribution >= 0.6 is 0 Å². The lowest BCUT2D eigenvalue weighted by molar-refractivity contribution is 0.0927. The van der Waals surface area contributed by atoms with Gasteiger partial charge >= 0.3 is 0 Å². The fourth-order valence-corrected chi connectivity index (χ4v) is 4.55. The molecular weight excluding hydrogens is 404 g/mol. The first-order valence-electron chi connectivity index (χ1n) is 11.1. The van der Waals surface area contributed by atoms with Crippen LogP contribution in [0.4, 0.5) is 0 Å². The fourth-order valence-electron chi connectivity index (χ4n) is 4.55. The van der Waals surface area contributed by atoms with Crippen LogP contribution in [0, 0.1) is 6.92 Å². The molecule has 0 unspecified atom stereocenters. The summed E-state index contributed by atoms with van der Waals surface area (Å²) in [7, 11) is 3.17. The first-order chi connectivity index (χ1) is 15.5. The van der Waals surface area contributed by atoms with Gasteiger partial charge in [0.15, 0.2) is 23.0 Å². The lowest BCUT2D eigenvalue weighted by Crippen LogP contribution is -2.42. The number of benzene rings is 2. The number of hydrogen-bond acceptors (Lipinski definition) is 5. The van der Waals surface area contributed by atoms with Gasteiger partial charge in [-0.05, 0) is 43.5 Å². The van der Waals surface area contributed by atoms with Gasteiger partial charge in [0.2, 0.25) is 0 Å². The van der Waals surface area contributed by atoms with E-state index in [-0.39, 0.29) is 17.0 Å². The number of nitrogens with zero attached hydrogens (tertiary/aromatic N) is 1. The molecule has 32 heavy (non-hydrogen) atoms. The number of nitrogens with one attached hydrogen (secondary N) is 1. The number of rotatable bonds is 7. The molecule has 6 nitrogen and oxygen atoms in total. The zero-order valence-electron chi connectivity index (χ0n) is 18.9. The zero-order valence-corrected chi connectivity index (χ0v) is 18.9. The van der Waals surface area contributed by atoms with Crippen molar-refractivity contribution >= 4 is 5.91 Å². The molecule has 0 radical (unpaired) electrons. The molecular formula is C26H30N2O4. The van der Waals surface area contributed by atoms with Crippen molar-refractivity contribution in [3.63, 3.8) is 0 Å². The van der Waals surface area contributed by atoms with Gasteiger partial charge in [-0.15, -0.1) is 0 Å². The summed E-state index contributed by atoms with van der Waals surface area (Å²) in [5.41, 5.74) is 3.54. The molecule has 0 saturated heterocycles. The van der Waals surface area contributed by atoms with Crippen molar-refractivity contribution in [1.82, 2.24) is 10.5 Å². The van der Waals surface area contributed by atoms with Crippen LogP contribution in [0.25, 0.3) is 11.3 Å². The van der Waals surface area contributed by atoms with Crippen LogP contribution in [0.2, 0.25) is 0 Å². The minimum absolute atomic E-state index is 0.0302. The molecule has 1 aliphatic rings. The summed E-state index contributed by atoms with van der Waals surface area (Å²) in [5, 5.41) is 7.12. The second kappa shape index (κ2) is 9.47. The van der Waals surface area contributed by atoms with E-state index in [1.807, 2.05) is 6.07 Å². The maximum Gasteiger partial charge on any atom is 0.273 e. The molecule has 1 aromatic heterocycles. The summed E-state index contributed by atoms with van der Waals surface area (Å²) in [6.07, 6.45) is 5.76. The largest absolute Gasteiger partial charge is 0.493 e. The first kappa shape index (κ1) is 21.9. The van der Waals surface area contributed by atoms with Gasteiger partial charge in [-0.25, -0.2) is 0 Å². The van der Waals surface area contributed by atoms with E-state index in [0.29, 0.717) is 23.8 Å². The van der Waals surface area contributed by atoms with E-state index in [1.165, 1.54) is 30.4 Å². The first-order valence-corrected chi connectivity index (χ1v) is 11.1. The minimum Gasteiger partial charge on any atom is -0.493 e. The maximum atomic E-state index is 12.9. The Balaban J connectivity index is 1.49. The van der Waals surface area contributed by atoms with E-state index >= 15 is 0 Å². The number of hydrogen-bond donors (Lipinski definition) is 1. The van der Waals surface area contributed by atoms with Crippen molar-refractivity contribution in [2.45, 2.75) is 44.4 Å². The Morgan fingerprint density at radius 1 is 1.00 bits per heavy atom. The van der Waals surface area contributed by atoms with E-state index in [1.54, 1.807) is 32.4 Å². The predicted molar refractivity (Wildman–Crippen MR) is 123 cm³/mol. The van der Waals surface area contributed by atoms with Gasteiger partial charge in [0.25, 0.3) is 5.91 Å². The third kappa shape index (κ3) is 4.49. The van der Waals surface area contributed by atoms with Crippen molar-refractivity contribution in [2.75, 3.05) is 20.8 Å². The fraction of sp³-hybridized carbons (Fsp3) is 0.385. The predicted octanol–water partition coefficient (Wildman–Crippen LogP) is 5.30. The highest BCUT2D eigenvalue weighted by atomic mass is 16.5. The molecule has 0 bridgehead atoms. The average molecular weight is 435 g/mol. The quantitative estimate of drug-likeness (QED) is 0.546. The third-order valence-electron chi connectivity index (χ3n) is 6.47. The summed E-state index contributed by atoms with van der Waals surface area (Å²) < 4.78 is 16.1. The number of carbonyl (C=O) groups excluding carboxylic acids is 1. The lowest BCUT2D eigenvalue weighted by atomic mass is 9.69. The molecule has 2 aromatic carbocycles. The molecule has 1 aliphatic carbocycles. The summed E-state index contributed by atoms with van der Waals surface area (Å²) in [6, 6.07) is 15.8. The van der Waals surface area contributed by atoms with Gasteiger partial charge in [0, 0.05) is 23.6 Å². The molecule has 1 N–H and O–H groups in total. The van der Waals surface area contributed by atoms with E-state index in [2.05, 4.69) is 41.7 Å². The minimum atomic E-state index is -0.225. The van der Waals surface area contributed by atoms with Crippen molar-refractivity contribution < 1.29 is 18.8 Å². The van der Waals surface area contributed by atoms with E-state index in [0.717, 1.165) is 18.4 Å². The van der Waals surface area contributed by atoms with Crippen LogP contribution in [-0.2, 0) is 5.41 Å². The highest BCUT2D eigenvalue weighted by molar-refractivity contribution is 5.93. The van der Waals surface area contributed by atoms with Crippen LogP contribution in [0.3, 0.4) is 0 Å². The van der Waals surface area contributed by atoms with Gasteiger partial charge in [-0.2, -0.15) is 0 Å². The normalized spacial score (nSPS) is 15.2. The molecule has 1 heterocycles. The topological polar surface area (TPSA) is 73.6 Å². The van der Waals surface area contributed by atoms with Crippen LogP contribution in [0.15, 0.2) is 53.1 Å². The average Bonchev–Trinajstić information content (AvgIpc) is 3.33. The SMILES string of the molecule is COc1ccc(-c2cc(C(=O)NCC3(c4ccc(C)cc4)CCCCC3)no2)cc1OC. The Morgan fingerprint density at radius 2 is 1.72 bits per heavy atom. The standard InChI is InChI=1S/C26H30N2O4/c1-18-7-10-20(11-8-18)26(13-5-4-6-14-26)17-27-25(29)21-16-23(32-28-21)19-9-12-22(30-2)24(15-19)31-3/h7-12,15-16H,4-6,13-14,17H2,1-3H3,(H,27,29). The molecule has 4 rings (SSSR count). The Bertz CT molecular complexity index is 1070. The van der Waals surface area contributed by atoms with E-state index in [9.17, 15) is 4.79 Å². The molecule has 1 saturated carbocycles. The van der Waals surface area contributed by atoms with Gasteiger partial charge in [0.1, 0.15) is 0 Å². The van der Waals surface area contributed by atoms with Gasteiger partial charge in [-0.3, -0.25) is 4.79 Å². The molecule has 1 fully saturated rings. The summed E-state index contributed by atoms with van der Waals surface area (Å²) >= 11 is 0. The maximum absolute atomic E-state index is 12.9. The molecule has 0 spiro atoms. The zero-order chi connectivity index (χ0) is 22.6. The van der Waals surface area contributed by atoms with E-state index < -0.39 is 0 Å². The number of aromatic nitrogens is 1. The van der Waals surface area contributed by atoms with Crippen molar-refractivity contribution in [3.8, 4) is 22.8 Å². The number of carbonyl (C=O) groups is 1. The highest BCUT2D eigenvalue weighted by Crippen LogP contribution is 2.39. The Hall–Kier alpha value is -3.28. The summed E-state index contributed by atoms with van der Waals surface area (Å²) in [6.45, 7) is 2.69. The molecule has 6 heteroatoms. The lowest BCUT2D eigenvalue weighted by Gasteiger charge is -2.38. The van der Waals surface area contributed by atoms with Crippen LogP contribution < -0.4 is 14.8 Å². The second-order valence-electron chi connectivity index (χ2n) is 8.54. The number of methoxy groups -OCH3 is 2. The van der Waals surface area contributed by atoms with E-state index in [4.69, 9.17) is 14.0 Å². The third-order valence-corrected chi connectivity index (χ3v) is 6.47.